The molecule has 0 aliphatic carbocycles. The molecule has 4 rings (SSSR count). The van der Waals surface area contributed by atoms with E-state index in [1.165, 1.54) is 0 Å². The van der Waals surface area contributed by atoms with Crippen LogP contribution in [0.25, 0.3) is 11.1 Å². The van der Waals surface area contributed by atoms with Gasteiger partial charge in [0.05, 0.1) is 5.69 Å². The summed E-state index contributed by atoms with van der Waals surface area (Å²) < 4.78 is 0. The average Bonchev–Trinajstić information content (AvgIpc) is 3.12. The van der Waals surface area contributed by atoms with Gasteiger partial charge in [0, 0.05) is 17.8 Å². The second-order valence-corrected chi connectivity index (χ2v) is 7.07. The molecule has 0 radical (unpaired) electrons. The molecule has 1 fully saturated rings. The standard InChI is InChI=1S/C24H22N2O2/c1-17-11-13-19(14-12-17)25-23(27)21-15-16-26(24(21)28)22-10-6-5-9-20(22)18-7-3-2-4-8-18/h2-14,21H,15-16H2,1H3,(H,25,27). The first-order chi connectivity index (χ1) is 13.6. The maximum Gasteiger partial charge on any atom is 0.239 e. The Balaban J connectivity index is 1.55. The van der Waals surface area contributed by atoms with Crippen LogP contribution in [0.4, 0.5) is 11.4 Å². The second kappa shape index (κ2) is 7.69. The lowest BCUT2D eigenvalue weighted by molar-refractivity contribution is -0.129. The van der Waals surface area contributed by atoms with E-state index >= 15 is 0 Å². The first kappa shape index (κ1) is 18.0. The van der Waals surface area contributed by atoms with Crippen LogP contribution in [0, 0.1) is 12.8 Å². The van der Waals surface area contributed by atoms with Gasteiger partial charge in [0.15, 0.2) is 0 Å². The number of nitrogens with one attached hydrogen (secondary N) is 1. The molecule has 3 aromatic carbocycles. The topological polar surface area (TPSA) is 49.4 Å². The Morgan fingerprint density at radius 2 is 1.61 bits per heavy atom. The third kappa shape index (κ3) is 3.54. The van der Waals surface area contributed by atoms with Gasteiger partial charge in [-0.25, -0.2) is 0 Å². The van der Waals surface area contributed by atoms with Gasteiger partial charge in [-0.3, -0.25) is 9.59 Å². The molecule has 1 aliphatic rings. The highest BCUT2D eigenvalue weighted by molar-refractivity contribution is 6.14. The Kier molecular flexibility index (Phi) is 4.94. The van der Waals surface area contributed by atoms with Crippen LogP contribution < -0.4 is 10.2 Å². The molecule has 140 valence electrons. The van der Waals surface area contributed by atoms with Crippen LogP contribution in [-0.4, -0.2) is 18.4 Å². The fourth-order valence-electron chi connectivity index (χ4n) is 3.60. The molecular formula is C24H22N2O2. The highest BCUT2D eigenvalue weighted by atomic mass is 16.2. The minimum absolute atomic E-state index is 0.145. The molecular weight excluding hydrogens is 348 g/mol. The van der Waals surface area contributed by atoms with Gasteiger partial charge in [-0.2, -0.15) is 0 Å². The molecule has 1 heterocycles. The van der Waals surface area contributed by atoms with E-state index in [9.17, 15) is 9.59 Å². The maximum absolute atomic E-state index is 13.0. The van der Waals surface area contributed by atoms with Crippen molar-refractivity contribution in [3.8, 4) is 11.1 Å². The van der Waals surface area contributed by atoms with Gasteiger partial charge in [0.25, 0.3) is 0 Å². The van der Waals surface area contributed by atoms with E-state index in [-0.39, 0.29) is 11.8 Å². The van der Waals surface area contributed by atoms with E-state index in [4.69, 9.17) is 0 Å². The Labute approximate surface area is 164 Å². The average molecular weight is 370 g/mol. The van der Waals surface area contributed by atoms with Crippen molar-refractivity contribution in [2.45, 2.75) is 13.3 Å². The van der Waals surface area contributed by atoms with Gasteiger partial charge in [0.1, 0.15) is 5.92 Å². The zero-order chi connectivity index (χ0) is 19.5. The smallest absolute Gasteiger partial charge is 0.239 e. The number of aryl methyl sites for hydroxylation is 1. The van der Waals surface area contributed by atoms with Gasteiger partial charge >= 0.3 is 0 Å². The summed E-state index contributed by atoms with van der Waals surface area (Å²) in [7, 11) is 0. The number of para-hydroxylation sites is 1. The summed E-state index contributed by atoms with van der Waals surface area (Å²) >= 11 is 0. The van der Waals surface area contributed by atoms with Crippen molar-refractivity contribution in [3.63, 3.8) is 0 Å². The van der Waals surface area contributed by atoms with E-state index in [0.29, 0.717) is 18.7 Å². The van der Waals surface area contributed by atoms with E-state index in [1.54, 1.807) is 4.90 Å². The van der Waals surface area contributed by atoms with Crippen molar-refractivity contribution >= 4 is 23.2 Å². The normalized spacial score (nSPS) is 16.2. The molecule has 1 aliphatic heterocycles. The molecule has 3 aromatic rings. The number of hydrogen-bond acceptors (Lipinski definition) is 2. The number of benzene rings is 3. The third-order valence-electron chi connectivity index (χ3n) is 5.12. The number of carbonyl (C=O) groups is 2. The van der Waals surface area contributed by atoms with E-state index in [2.05, 4.69) is 5.32 Å². The van der Waals surface area contributed by atoms with Crippen molar-refractivity contribution < 1.29 is 9.59 Å². The van der Waals surface area contributed by atoms with Crippen LogP contribution in [-0.2, 0) is 9.59 Å². The summed E-state index contributed by atoms with van der Waals surface area (Å²) in [5.74, 6) is -1.05. The molecule has 4 heteroatoms. The van der Waals surface area contributed by atoms with Gasteiger partial charge in [0.2, 0.25) is 11.8 Å². The molecule has 0 spiro atoms. The Hall–Kier alpha value is -3.40. The SMILES string of the molecule is Cc1ccc(NC(=O)C2CCN(c3ccccc3-c3ccccc3)C2=O)cc1. The summed E-state index contributed by atoms with van der Waals surface area (Å²) in [5, 5.41) is 2.87. The summed E-state index contributed by atoms with van der Waals surface area (Å²) in [6.45, 7) is 2.53. The van der Waals surface area contributed by atoms with E-state index in [1.807, 2.05) is 85.8 Å². The van der Waals surface area contributed by atoms with Crippen LogP contribution in [0.3, 0.4) is 0 Å². The van der Waals surface area contributed by atoms with Gasteiger partial charge in [-0.15, -0.1) is 0 Å². The van der Waals surface area contributed by atoms with Crippen molar-refractivity contribution in [1.82, 2.24) is 0 Å². The molecule has 1 unspecified atom stereocenters. The zero-order valence-corrected chi connectivity index (χ0v) is 15.8. The zero-order valence-electron chi connectivity index (χ0n) is 15.8. The van der Waals surface area contributed by atoms with Crippen molar-refractivity contribution in [3.05, 3.63) is 84.4 Å². The minimum Gasteiger partial charge on any atom is -0.325 e. The fraction of sp³-hybridized carbons (Fsp3) is 0.167. The molecule has 0 saturated carbocycles. The first-order valence-corrected chi connectivity index (χ1v) is 9.47. The molecule has 1 atom stereocenters. The van der Waals surface area contributed by atoms with E-state index < -0.39 is 5.92 Å². The monoisotopic (exact) mass is 370 g/mol. The van der Waals surface area contributed by atoms with Crippen LogP contribution in [0.2, 0.25) is 0 Å². The molecule has 2 amide bonds. The number of rotatable bonds is 4. The lowest BCUT2D eigenvalue weighted by Crippen LogP contribution is -2.33. The molecule has 0 aromatic heterocycles. The number of nitrogens with zero attached hydrogens (tertiary/aromatic N) is 1. The Morgan fingerprint density at radius 3 is 2.36 bits per heavy atom. The van der Waals surface area contributed by atoms with Gasteiger partial charge < -0.3 is 10.2 Å². The van der Waals surface area contributed by atoms with Gasteiger partial charge in [-0.05, 0) is 37.1 Å². The second-order valence-electron chi connectivity index (χ2n) is 7.07. The quantitative estimate of drug-likeness (QED) is 0.680. The highest BCUT2D eigenvalue weighted by Crippen LogP contribution is 2.34. The minimum atomic E-state index is -0.662. The van der Waals surface area contributed by atoms with Gasteiger partial charge in [-0.1, -0.05) is 66.2 Å². The molecule has 28 heavy (non-hydrogen) atoms. The third-order valence-corrected chi connectivity index (χ3v) is 5.12. The number of hydrogen-bond donors (Lipinski definition) is 1. The van der Waals surface area contributed by atoms with Crippen LogP contribution in [0.1, 0.15) is 12.0 Å². The largest absolute Gasteiger partial charge is 0.325 e. The Morgan fingerprint density at radius 1 is 0.929 bits per heavy atom. The lowest BCUT2D eigenvalue weighted by atomic mass is 10.0. The molecule has 0 bridgehead atoms. The molecule has 1 N–H and O–H groups in total. The van der Waals surface area contributed by atoms with Crippen molar-refractivity contribution in [1.29, 1.82) is 0 Å². The maximum atomic E-state index is 13.0. The fourth-order valence-corrected chi connectivity index (χ4v) is 3.60. The van der Waals surface area contributed by atoms with Crippen LogP contribution in [0.15, 0.2) is 78.9 Å². The highest BCUT2D eigenvalue weighted by Gasteiger charge is 2.38. The summed E-state index contributed by atoms with van der Waals surface area (Å²) in [5.41, 5.74) is 4.74. The lowest BCUT2D eigenvalue weighted by Gasteiger charge is -2.20. The van der Waals surface area contributed by atoms with E-state index in [0.717, 1.165) is 22.4 Å². The summed E-state index contributed by atoms with van der Waals surface area (Å²) in [4.78, 5) is 27.5. The number of amides is 2. The van der Waals surface area contributed by atoms with Crippen LogP contribution >= 0.6 is 0 Å². The number of anilines is 2. The summed E-state index contributed by atoms with van der Waals surface area (Å²) in [6, 6.07) is 25.4. The molecule has 4 nitrogen and oxygen atoms in total. The number of carbonyl (C=O) groups excluding carboxylic acids is 2. The van der Waals surface area contributed by atoms with Crippen LogP contribution in [0.5, 0.6) is 0 Å². The van der Waals surface area contributed by atoms with Crippen molar-refractivity contribution in [2.75, 3.05) is 16.8 Å². The van der Waals surface area contributed by atoms with Crippen molar-refractivity contribution in [2.24, 2.45) is 5.92 Å². The molecule has 1 saturated heterocycles. The Bertz CT molecular complexity index is 997. The predicted octanol–water partition coefficient (Wildman–Crippen LogP) is 4.65. The first-order valence-electron chi connectivity index (χ1n) is 9.47. The summed E-state index contributed by atoms with van der Waals surface area (Å²) in [6.07, 6.45) is 0.514. The predicted molar refractivity (Wildman–Crippen MR) is 112 cm³/mol.